The van der Waals surface area contributed by atoms with Crippen molar-refractivity contribution in [2.75, 3.05) is 0 Å². The third-order valence-corrected chi connectivity index (χ3v) is 14.0. The smallest absolute Gasteiger partial charge is 0.335 e. The van der Waals surface area contributed by atoms with Gasteiger partial charge in [-0.25, -0.2) is 4.79 Å². The minimum absolute atomic E-state index is 0.179. The summed E-state index contributed by atoms with van der Waals surface area (Å²) in [6, 6.07) is 22.2. The number of halogens is 1. The fraction of sp³-hybridized carbons (Fsp3) is 0.431. The molecule has 0 atom stereocenters. The van der Waals surface area contributed by atoms with E-state index in [1.807, 2.05) is 12.1 Å². The highest BCUT2D eigenvalue weighted by Gasteiger charge is 2.39. The highest BCUT2D eigenvalue weighted by molar-refractivity contribution is 9.10. The molecule has 3 heteroatoms. The molecule has 0 aliphatic heterocycles. The van der Waals surface area contributed by atoms with Crippen LogP contribution in [0.5, 0.6) is 0 Å². The maximum atomic E-state index is 11.4. The van der Waals surface area contributed by atoms with Gasteiger partial charge in [0.1, 0.15) is 0 Å². The lowest BCUT2D eigenvalue weighted by atomic mass is 9.62. The van der Waals surface area contributed by atoms with E-state index < -0.39 is 5.97 Å². The summed E-state index contributed by atoms with van der Waals surface area (Å²) in [5.74, 6) is -0.854. The highest BCUT2D eigenvalue weighted by atomic mass is 79.9. The van der Waals surface area contributed by atoms with Gasteiger partial charge in [-0.15, -0.1) is 0 Å². The lowest BCUT2D eigenvalue weighted by Crippen LogP contribution is -2.34. The van der Waals surface area contributed by atoms with E-state index in [-0.39, 0.29) is 21.7 Å². The molecule has 4 aliphatic carbocycles. The van der Waals surface area contributed by atoms with Crippen LogP contribution in [0, 0.1) is 13.8 Å². The first-order valence-corrected chi connectivity index (χ1v) is 21.0. The lowest BCUT2D eigenvalue weighted by Gasteiger charge is -2.42. The molecule has 54 heavy (non-hydrogen) atoms. The average molecular weight is 784 g/mol. The molecule has 0 saturated carbocycles. The van der Waals surface area contributed by atoms with Gasteiger partial charge in [0, 0.05) is 4.47 Å². The summed E-state index contributed by atoms with van der Waals surface area (Å²) in [6.07, 6.45) is 13.9. The molecule has 0 radical (unpaired) electrons. The van der Waals surface area contributed by atoms with Gasteiger partial charge >= 0.3 is 5.97 Å². The first-order valence-electron chi connectivity index (χ1n) is 20.2. The van der Waals surface area contributed by atoms with Crippen molar-refractivity contribution in [1.29, 1.82) is 0 Å². The number of carboxylic acid groups (broad SMARTS) is 1. The molecule has 0 heterocycles. The molecule has 2 nitrogen and oxygen atoms in total. The minimum Gasteiger partial charge on any atom is -0.478 e. The van der Waals surface area contributed by atoms with Crippen molar-refractivity contribution < 1.29 is 9.90 Å². The van der Waals surface area contributed by atoms with Crippen molar-refractivity contribution in [1.82, 2.24) is 0 Å². The minimum atomic E-state index is -0.854. The van der Waals surface area contributed by atoms with Crippen LogP contribution < -0.4 is 0 Å². The van der Waals surface area contributed by atoms with Crippen LogP contribution in [0.2, 0.25) is 0 Å². The van der Waals surface area contributed by atoms with Gasteiger partial charge in [0.2, 0.25) is 0 Å². The molecule has 1 N–H and O–H groups in total. The van der Waals surface area contributed by atoms with Crippen LogP contribution in [0.25, 0.3) is 11.1 Å². The monoisotopic (exact) mass is 782 g/mol. The Hall–Kier alpha value is -3.69. The zero-order chi connectivity index (χ0) is 39.0. The molecular weight excluding hydrogens is 724 g/mol. The van der Waals surface area contributed by atoms with Gasteiger partial charge in [-0.1, -0.05) is 120 Å². The van der Waals surface area contributed by atoms with E-state index in [0.29, 0.717) is 5.56 Å². The Morgan fingerprint density at radius 3 is 1.35 bits per heavy atom. The van der Waals surface area contributed by atoms with Crippen LogP contribution in [0.1, 0.15) is 171 Å². The number of hydrogen-bond acceptors (Lipinski definition) is 1. The Balaban J connectivity index is 0.000000167. The summed E-state index contributed by atoms with van der Waals surface area (Å²) >= 11 is 3.64. The first-order chi connectivity index (χ1) is 25.3. The Morgan fingerprint density at radius 1 is 0.537 bits per heavy atom. The number of carboxylic acids is 1. The number of benzene rings is 4. The third kappa shape index (κ3) is 7.00. The third-order valence-electron chi connectivity index (χ3n) is 13.5. The summed E-state index contributed by atoms with van der Waals surface area (Å²) in [5.41, 5.74) is 20.7. The predicted molar refractivity (Wildman–Crippen MR) is 231 cm³/mol. The molecule has 282 valence electrons. The number of allylic oxidation sites excluding steroid dienone is 2. The average Bonchev–Trinajstić information content (AvgIpc) is 3.11. The molecule has 4 aliphatic rings. The molecule has 0 aromatic heterocycles. The largest absolute Gasteiger partial charge is 0.478 e. The zero-order valence-electron chi connectivity index (χ0n) is 34.3. The van der Waals surface area contributed by atoms with E-state index in [4.69, 9.17) is 0 Å². The van der Waals surface area contributed by atoms with Crippen LogP contribution in [0.15, 0.2) is 77.3 Å². The summed E-state index contributed by atoms with van der Waals surface area (Å²) in [7, 11) is 0. The normalized spacial score (nSPS) is 19.8. The van der Waals surface area contributed by atoms with Crippen LogP contribution in [0.3, 0.4) is 0 Å². The quantitative estimate of drug-likeness (QED) is 0.225. The molecule has 0 saturated heterocycles. The van der Waals surface area contributed by atoms with E-state index in [1.165, 1.54) is 91.4 Å². The van der Waals surface area contributed by atoms with Crippen LogP contribution in [-0.2, 0) is 34.5 Å². The van der Waals surface area contributed by atoms with E-state index >= 15 is 0 Å². The van der Waals surface area contributed by atoms with Gasteiger partial charge in [0.05, 0.1) is 5.56 Å². The van der Waals surface area contributed by atoms with Crippen molar-refractivity contribution in [3.8, 4) is 0 Å². The second-order valence-electron chi connectivity index (χ2n) is 19.3. The topological polar surface area (TPSA) is 37.3 Å². The second-order valence-corrected chi connectivity index (χ2v) is 20.2. The SMILES string of the molecule is Cc1cc2c(cc1C1=CCCc3cc(Br)ccc31)C(C)(C)CCC2(C)C.Cc1cc2c(cc1C1=CCCc3cc(C(=O)O)ccc31)C(C)(C)CCC2(C)C. The molecule has 0 spiro atoms. The molecule has 4 aromatic carbocycles. The van der Waals surface area contributed by atoms with Gasteiger partial charge in [-0.05, 0) is 189 Å². The van der Waals surface area contributed by atoms with Crippen molar-refractivity contribution in [3.63, 3.8) is 0 Å². The number of hydrogen-bond donors (Lipinski definition) is 1. The Kier molecular flexibility index (Phi) is 9.86. The number of aromatic carboxylic acids is 1. The van der Waals surface area contributed by atoms with E-state index in [1.54, 1.807) is 17.2 Å². The standard InChI is InChI=1S/C26H30O2.C25H29Br/c1-16-13-22-23(26(4,5)12-11-25(22,2)3)15-21(16)20-8-6-7-17-14-18(24(27)28)9-10-19(17)20;1-16-13-22-23(25(4,5)12-11-24(22,2)3)15-21(16)20-8-6-7-17-14-18(26)9-10-19(17)20/h8-10,13-15H,6-7,11-12H2,1-5H3,(H,27,28);8-10,13-15H,6-7,11-12H2,1-5H3. The number of fused-ring (bicyclic) bond motifs is 4. The molecule has 0 unspecified atom stereocenters. The molecule has 0 bridgehead atoms. The molecular formula is C51H59BrO2. The molecule has 0 amide bonds. The first kappa shape index (κ1) is 38.6. The molecule has 8 rings (SSSR count). The number of rotatable bonds is 3. The summed E-state index contributed by atoms with van der Waals surface area (Å²) < 4.78 is 1.18. The Labute approximate surface area is 333 Å². The predicted octanol–water partition coefficient (Wildman–Crippen LogP) is 13.9. The number of aryl methyl sites for hydroxylation is 4. The molecule has 0 fully saturated rings. The maximum Gasteiger partial charge on any atom is 0.335 e. The van der Waals surface area contributed by atoms with Crippen molar-refractivity contribution >= 4 is 33.0 Å². The Bertz CT molecular complexity index is 2240. The van der Waals surface area contributed by atoms with E-state index in [9.17, 15) is 9.90 Å². The van der Waals surface area contributed by atoms with Crippen LogP contribution >= 0.6 is 15.9 Å². The molecule has 4 aromatic rings. The summed E-state index contributed by atoms with van der Waals surface area (Å²) in [5, 5.41) is 9.34. The highest BCUT2D eigenvalue weighted by Crippen LogP contribution is 2.49. The van der Waals surface area contributed by atoms with Crippen molar-refractivity contribution in [2.45, 2.75) is 142 Å². The van der Waals surface area contributed by atoms with Gasteiger partial charge in [-0.3, -0.25) is 0 Å². The van der Waals surface area contributed by atoms with Crippen LogP contribution in [-0.4, -0.2) is 11.1 Å². The fourth-order valence-corrected chi connectivity index (χ4v) is 10.1. The lowest BCUT2D eigenvalue weighted by molar-refractivity contribution is 0.0696. The van der Waals surface area contributed by atoms with E-state index in [0.717, 1.165) is 31.2 Å². The van der Waals surface area contributed by atoms with E-state index in [2.05, 4.69) is 140 Å². The fourth-order valence-electron chi connectivity index (χ4n) is 9.73. The summed E-state index contributed by atoms with van der Waals surface area (Å²) in [6.45, 7) is 23.6. The number of carbonyl (C=O) groups is 1. The van der Waals surface area contributed by atoms with Gasteiger partial charge in [-0.2, -0.15) is 0 Å². The van der Waals surface area contributed by atoms with Crippen molar-refractivity contribution in [3.05, 3.63) is 150 Å². The Morgan fingerprint density at radius 2 is 0.926 bits per heavy atom. The van der Waals surface area contributed by atoms with Crippen LogP contribution in [0.4, 0.5) is 0 Å². The van der Waals surface area contributed by atoms with Crippen molar-refractivity contribution in [2.24, 2.45) is 0 Å². The van der Waals surface area contributed by atoms with Gasteiger partial charge < -0.3 is 5.11 Å². The second kappa shape index (κ2) is 13.8. The summed E-state index contributed by atoms with van der Waals surface area (Å²) in [4.78, 5) is 11.4. The van der Waals surface area contributed by atoms with Gasteiger partial charge in [0.25, 0.3) is 0 Å². The maximum absolute atomic E-state index is 11.4. The zero-order valence-corrected chi connectivity index (χ0v) is 35.9. The van der Waals surface area contributed by atoms with Gasteiger partial charge in [0.15, 0.2) is 0 Å².